The quantitative estimate of drug-likeness (QED) is 0.656. The van der Waals surface area contributed by atoms with Crippen LogP contribution < -0.4 is 5.32 Å². The molecule has 0 radical (unpaired) electrons. The first-order valence-electron chi connectivity index (χ1n) is 6.08. The zero-order valence-electron chi connectivity index (χ0n) is 9.66. The number of aliphatic hydroxyl groups excluding tert-OH is 1. The number of nitrogens with zero attached hydrogens (tertiary/aromatic N) is 1. The van der Waals surface area contributed by atoms with Crippen LogP contribution in [0.3, 0.4) is 0 Å². The Morgan fingerprint density at radius 3 is 2.81 bits per heavy atom. The molecule has 1 aliphatic carbocycles. The van der Waals surface area contributed by atoms with Crippen LogP contribution in [0.25, 0.3) is 0 Å². The van der Waals surface area contributed by atoms with Crippen molar-refractivity contribution >= 4 is 0 Å². The van der Waals surface area contributed by atoms with E-state index in [4.69, 9.17) is 0 Å². The zero-order valence-corrected chi connectivity index (χ0v) is 9.66. The van der Waals surface area contributed by atoms with Gasteiger partial charge < -0.3 is 15.3 Å². The van der Waals surface area contributed by atoms with Gasteiger partial charge >= 0.3 is 0 Å². The van der Waals surface area contributed by atoms with Crippen LogP contribution >= 0.6 is 0 Å². The van der Waals surface area contributed by atoms with E-state index in [-0.39, 0.29) is 5.66 Å². The molecule has 0 aromatic heterocycles. The molecule has 0 atom stereocenters. The van der Waals surface area contributed by atoms with Crippen LogP contribution in [0.2, 0.25) is 0 Å². The van der Waals surface area contributed by atoms with Gasteiger partial charge in [-0.2, -0.15) is 0 Å². The molecule has 3 rings (SSSR count). The average molecular weight is 218 g/mol. The van der Waals surface area contributed by atoms with Gasteiger partial charge in [-0.15, -0.1) is 0 Å². The van der Waals surface area contributed by atoms with Crippen LogP contribution in [0, 0.1) is 0 Å². The largest absolute Gasteiger partial charge is 0.506 e. The molecule has 2 N–H and O–H groups in total. The minimum absolute atomic E-state index is 0.0388. The van der Waals surface area contributed by atoms with Gasteiger partial charge in [-0.05, 0) is 44.3 Å². The van der Waals surface area contributed by atoms with Crippen molar-refractivity contribution in [2.24, 2.45) is 0 Å². The van der Waals surface area contributed by atoms with Gasteiger partial charge in [0.2, 0.25) is 0 Å². The summed E-state index contributed by atoms with van der Waals surface area (Å²) in [4.78, 5) is 2.23. The molecule has 3 heteroatoms. The minimum atomic E-state index is 0.0388. The van der Waals surface area contributed by atoms with E-state index in [1.54, 1.807) is 0 Å². The molecule has 1 spiro atoms. The fourth-order valence-electron chi connectivity index (χ4n) is 3.06. The highest BCUT2D eigenvalue weighted by molar-refractivity contribution is 5.42. The summed E-state index contributed by atoms with van der Waals surface area (Å²) in [6, 6.07) is 0. The van der Waals surface area contributed by atoms with Crippen LogP contribution in [0.15, 0.2) is 35.5 Å². The lowest BCUT2D eigenvalue weighted by Crippen LogP contribution is -2.51. The van der Waals surface area contributed by atoms with Gasteiger partial charge in [-0.1, -0.05) is 6.42 Å². The lowest BCUT2D eigenvalue weighted by Gasteiger charge is -2.43. The molecule has 0 aromatic rings. The van der Waals surface area contributed by atoms with Gasteiger partial charge in [-0.25, -0.2) is 0 Å². The topological polar surface area (TPSA) is 35.5 Å². The fraction of sp³-hybridized carbons (Fsp3) is 0.538. The van der Waals surface area contributed by atoms with E-state index < -0.39 is 0 Å². The summed E-state index contributed by atoms with van der Waals surface area (Å²) >= 11 is 0. The Kier molecular flexibility index (Phi) is 2.03. The van der Waals surface area contributed by atoms with Gasteiger partial charge in [0.05, 0.1) is 5.70 Å². The maximum atomic E-state index is 9.73. The lowest BCUT2D eigenvalue weighted by atomic mass is 9.87. The Morgan fingerprint density at radius 1 is 1.31 bits per heavy atom. The fourth-order valence-corrected chi connectivity index (χ4v) is 3.06. The molecule has 1 fully saturated rings. The summed E-state index contributed by atoms with van der Waals surface area (Å²) in [6.07, 6.45) is 12.0. The lowest BCUT2D eigenvalue weighted by molar-refractivity contribution is 0.122. The maximum absolute atomic E-state index is 9.73. The molecule has 0 unspecified atom stereocenters. The first-order valence-corrected chi connectivity index (χ1v) is 6.08. The summed E-state index contributed by atoms with van der Waals surface area (Å²) < 4.78 is 0. The molecule has 0 bridgehead atoms. The summed E-state index contributed by atoms with van der Waals surface area (Å²) in [6.45, 7) is 2.05. The number of hydrogen-bond acceptors (Lipinski definition) is 3. The van der Waals surface area contributed by atoms with Crippen molar-refractivity contribution in [2.75, 3.05) is 0 Å². The van der Waals surface area contributed by atoms with Crippen molar-refractivity contribution < 1.29 is 5.11 Å². The molecule has 2 aliphatic heterocycles. The summed E-state index contributed by atoms with van der Waals surface area (Å²) in [7, 11) is 0. The number of aliphatic hydroxyl groups is 1. The Balaban J connectivity index is 1.96. The first kappa shape index (κ1) is 9.82. The predicted octanol–water partition coefficient (Wildman–Crippen LogP) is 2.75. The molecule has 0 saturated heterocycles. The van der Waals surface area contributed by atoms with Crippen molar-refractivity contribution in [3.05, 3.63) is 35.5 Å². The van der Waals surface area contributed by atoms with Crippen molar-refractivity contribution in [3.63, 3.8) is 0 Å². The van der Waals surface area contributed by atoms with Crippen LogP contribution in [-0.4, -0.2) is 15.7 Å². The highest BCUT2D eigenvalue weighted by Crippen LogP contribution is 2.41. The molecule has 3 nitrogen and oxygen atoms in total. The molecule has 0 amide bonds. The van der Waals surface area contributed by atoms with Crippen LogP contribution in [0.4, 0.5) is 0 Å². The Hall–Kier alpha value is -1.38. The van der Waals surface area contributed by atoms with Crippen LogP contribution in [-0.2, 0) is 0 Å². The van der Waals surface area contributed by atoms with E-state index in [1.807, 2.05) is 19.2 Å². The normalized spacial score (nSPS) is 26.8. The van der Waals surface area contributed by atoms with Crippen LogP contribution in [0.5, 0.6) is 0 Å². The van der Waals surface area contributed by atoms with Gasteiger partial charge in [0, 0.05) is 12.4 Å². The second-order valence-corrected chi connectivity index (χ2v) is 5.02. The Bertz CT molecular complexity index is 400. The summed E-state index contributed by atoms with van der Waals surface area (Å²) in [5.74, 6) is 0.364. The molecule has 2 heterocycles. The van der Waals surface area contributed by atoms with Crippen molar-refractivity contribution in [3.8, 4) is 0 Å². The molecular weight excluding hydrogens is 200 g/mol. The van der Waals surface area contributed by atoms with E-state index >= 15 is 0 Å². The van der Waals surface area contributed by atoms with E-state index in [9.17, 15) is 5.11 Å². The van der Waals surface area contributed by atoms with E-state index in [1.165, 1.54) is 25.0 Å². The van der Waals surface area contributed by atoms with Crippen molar-refractivity contribution in [1.82, 2.24) is 10.2 Å². The molecule has 16 heavy (non-hydrogen) atoms. The van der Waals surface area contributed by atoms with E-state index in [0.717, 1.165) is 18.4 Å². The Morgan fingerprint density at radius 2 is 2.06 bits per heavy atom. The molecule has 0 aromatic carbocycles. The van der Waals surface area contributed by atoms with Gasteiger partial charge in [0.25, 0.3) is 0 Å². The molecule has 3 aliphatic rings. The number of fused-ring (bicyclic) bond motifs is 2. The third kappa shape index (κ3) is 1.27. The van der Waals surface area contributed by atoms with Crippen molar-refractivity contribution in [2.45, 2.75) is 44.7 Å². The molecule has 86 valence electrons. The van der Waals surface area contributed by atoms with Gasteiger partial charge in [0.1, 0.15) is 11.4 Å². The minimum Gasteiger partial charge on any atom is -0.506 e. The van der Waals surface area contributed by atoms with Gasteiger partial charge in [0.15, 0.2) is 0 Å². The molecule has 1 saturated carbocycles. The standard InChI is InChI=1S/C13H18N2O/c1-10-7-11(16)9-15-12(10)8-14-13(15)5-3-2-4-6-13/h7-9,14,16H,2-6H2,1H3. The number of hydrogen-bond donors (Lipinski definition) is 2. The zero-order chi connectivity index (χ0) is 11.2. The number of nitrogens with one attached hydrogen (secondary N) is 1. The van der Waals surface area contributed by atoms with Crippen LogP contribution in [0.1, 0.15) is 39.0 Å². The monoisotopic (exact) mass is 218 g/mol. The smallest absolute Gasteiger partial charge is 0.132 e. The number of rotatable bonds is 0. The summed E-state index contributed by atoms with van der Waals surface area (Å²) in [5.41, 5.74) is 2.38. The maximum Gasteiger partial charge on any atom is 0.132 e. The van der Waals surface area contributed by atoms with E-state index in [2.05, 4.69) is 16.4 Å². The van der Waals surface area contributed by atoms with Crippen molar-refractivity contribution in [1.29, 1.82) is 0 Å². The Labute approximate surface area is 96.1 Å². The SMILES string of the molecule is CC1=CC(O)=CN2C1=CNC21CCCCC1. The van der Waals surface area contributed by atoms with E-state index in [0.29, 0.717) is 5.76 Å². The highest BCUT2D eigenvalue weighted by Gasteiger charge is 2.42. The summed E-state index contributed by atoms with van der Waals surface area (Å²) in [5, 5.41) is 13.3. The average Bonchev–Trinajstić information content (AvgIpc) is 2.59. The third-order valence-electron chi connectivity index (χ3n) is 3.91. The number of allylic oxidation sites excluding steroid dienone is 2. The highest BCUT2D eigenvalue weighted by atomic mass is 16.3. The second kappa shape index (κ2) is 3.30. The predicted molar refractivity (Wildman–Crippen MR) is 63.3 cm³/mol. The first-order chi connectivity index (χ1) is 7.71. The second-order valence-electron chi connectivity index (χ2n) is 5.02. The molecular formula is C13H18N2O. The van der Waals surface area contributed by atoms with Gasteiger partial charge in [-0.3, -0.25) is 0 Å². The third-order valence-corrected chi connectivity index (χ3v) is 3.91.